The molecule has 2 aliphatic rings. The van der Waals surface area contributed by atoms with Gasteiger partial charge in [-0.05, 0) is 67.0 Å². The number of benzene rings is 1. The first-order chi connectivity index (χ1) is 14.5. The van der Waals surface area contributed by atoms with Crippen LogP contribution in [-0.2, 0) is 4.79 Å². The van der Waals surface area contributed by atoms with Crippen molar-refractivity contribution in [3.05, 3.63) is 59.6 Å². The highest BCUT2D eigenvalue weighted by Crippen LogP contribution is 2.61. The zero-order valence-corrected chi connectivity index (χ0v) is 17.1. The Bertz CT molecular complexity index is 1100. The number of amides is 1. The van der Waals surface area contributed by atoms with Gasteiger partial charge in [-0.3, -0.25) is 9.78 Å². The number of halogens is 2. The number of aromatic nitrogens is 2. The molecular weight excluding hydrogens is 405 g/mol. The van der Waals surface area contributed by atoms with Gasteiger partial charge >= 0.3 is 0 Å². The predicted octanol–water partition coefficient (Wildman–Crippen LogP) is 5.10. The monoisotopic (exact) mass is 425 g/mol. The van der Waals surface area contributed by atoms with Crippen LogP contribution in [0.4, 0.5) is 10.2 Å². The van der Waals surface area contributed by atoms with Crippen LogP contribution >= 0.6 is 11.6 Å². The van der Waals surface area contributed by atoms with Gasteiger partial charge in [0.05, 0.1) is 16.6 Å². The summed E-state index contributed by atoms with van der Waals surface area (Å²) in [6.45, 7) is 1.98. The smallest absolute Gasteiger partial charge is 0.228 e. The standard InChI is InChI=1S/C23H21ClFN3O2/c1-12(23(29)28-21-5-2-13(24)11-27-21)22-16-9-15(10-17(16)22)30-20-6-7-26-19-4-3-14(25)8-18(19)20/h2-8,11-12,15-17,22H,9-10H2,1H3,(H,27,28,29)/t12?,15-,16-,17+,22-. The van der Waals surface area contributed by atoms with Crippen LogP contribution < -0.4 is 10.1 Å². The molecule has 2 heterocycles. The molecule has 2 aromatic heterocycles. The van der Waals surface area contributed by atoms with Crippen molar-refractivity contribution in [3.8, 4) is 5.75 Å². The summed E-state index contributed by atoms with van der Waals surface area (Å²) >= 11 is 5.84. The summed E-state index contributed by atoms with van der Waals surface area (Å²) in [5, 5.41) is 4.10. The van der Waals surface area contributed by atoms with Crippen LogP contribution in [0.5, 0.6) is 5.75 Å². The Labute approximate surface area is 178 Å². The Hall–Kier alpha value is -2.73. The number of carbonyl (C=O) groups excluding carboxylic acids is 1. The van der Waals surface area contributed by atoms with E-state index in [2.05, 4.69) is 15.3 Å². The van der Waals surface area contributed by atoms with E-state index in [9.17, 15) is 9.18 Å². The highest BCUT2D eigenvalue weighted by atomic mass is 35.5. The van der Waals surface area contributed by atoms with Crippen LogP contribution in [0.2, 0.25) is 5.02 Å². The van der Waals surface area contributed by atoms with Crippen LogP contribution in [0.15, 0.2) is 48.8 Å². The van der Waals surface area contributed by atoms with E-state index < -0.39 is 0 Å². The van der Waals surface area contributed by atoms with Crippen LogP contribution in [0.3, 0.4) is 0 Å². The first-order valence-corrected chi connectivity index (χ1v) is 10.5. The van der Waals surface area contributed by atoms with Gasteiger partial charge in [-0.25, -0.2) is 9.37 Å². The summed E-state index contributed by atoms with van der Waals surface area (Å²) in [6.07, 6.45) is 5.10. The Kier molecular flexibility index (Phi) is 4.82. The molecule has 0 bridgehead atoms. The van der Waals surface area contributed by atoms with Crippen molar-refractivity contribution in [2.45, 2.75) is 25.9 Å². The van der Waals surface area contributed by atoms with Gasteiger partial charge in [0, 0.05) is 23.7 Å². The number of anilines is 1. The number of pyridine rings is 2. The summed E-state index contributed by atoms with van der Waals surface area (Å²) < 4.78 is 19.9. The molecule has 2 aliphatic carbocycles. The molecule has 2 fully saturated rings. The molecule has 2 saturated carbocycles. The summed E-state index contributed by atoms with van der Waals surface area (Å²) in [5.41, 5.74) is 0.719. The molecule has 5 nitrogen and oxygen atoms in total. The fourth-order valence-corrected chi connectivity index (χ4v) is 5.03. The first kappa shape index (κ1) is 19.2. The minimum absolute atomic E-state index is 0.0164. The third kappa shape index (κ3) is 3.60. The molecule has 1 unspecified atom stereocenters. The van der Waals surface area contributed by atoms with Crippen LogP contribution in [0, 0.1) is 29.5 Å². The number of rotatable bonds is 5. The number of nitrogens with one attached hydrogen (secondary N) is 1. The van der Waals surface area contributed by atoms with Crippen molar-refractivity contribution in [1.82, 2.24) is 9.97 Å². The van der Waals surface area contributed by atoms with Gasteiger partial charge in [-0.15, -0.1) is 0 Å². The van der Waals surface area contributed by atoms with Crippen molar-refractivity contribution in [2.24, 2.45) is 23.7 Å². The maximum atomic E-state index is 13.7. The molecule has 0 aliphatic heterocycles. The fraction of sp³-hybridized carbons (Fsp3) is 0.348. The summed E-state index contributed by atoms with van der Waals surface area (Å²) in [6, 6.07) is 9.73. The van der Waals surface area contributed by atoms with Gasteiger partial charge in [-0.2, -0.15) is 0 Å². The molecule has 1 N–H and O–H groups in total. The molecule has 0 saturated heterocycles. The topological polar surface area (TPSA) is 64.1 Å². The van der Waals surface area contributed by atoms with Crippen LogP contribution in [-0.4, -0.2) is 22.0 Å². The Balaban J connectivity index is 1.20. The number of ether oxygens (including phenoxy) is 1. The lowest BCUT2D eigenvalue weighted by atomic mass is 9.97. The lowest BCUT2D eigenvalue weighted by Crippen LogP contribution is -2.26. The van der Waals surface area contributed by atoms with E-state index >= 15 is 0 Å². The van der Waals surface area contributed by atoms with Gasteiger partial charge < -0.3 is 10.1 Å². The Morgan fingerprint density at radius 1 is 1.20 bits per heavy atom. The van der Waals surface area contributed by atoms with Gasteiger partial charge in [-0.1, -0.05) is 18.5 Å². The van der Waals surface area contributed by atoms with Crippen molar-refractivity contribution in [3.63, 3.8) is 0 Å². The molecule has 1 aromatic carbocycles. The Morgan fingerprint density at radius 2 is 2.00 bits per heavy atom. The van der Waals surface area contributed by atoms with Gasteiger partial charge in [0.1, 0.15) is 17.4 Å². The molecule has 0 spiro atoms. The third-order valence-corrected chi connectivity index (χ3v) is 6.62. The maximum absolute atomic E-state index is 13.7. The molecule has 7 heteroatoms. The van der Waals surface area contributed by atoms with Crippen molar-refractivity contribution >= 4 is 34.2 Å². The number of hydrogen-bond donors (Lipinski definition) is 1. The molecule has 3 aromatic rings. The predicted molar refractivity (Wildman–Crippen MR) is 113 cm³/mol. The van der Waals surface area contributed by atoms with E-state index in [1.54, 1.807) is 30.5 Å². The first-order valence-electron chi connectivity index (χ1n) is 10.1. The minimum atomic E-state index is -0.301. The molecule has 30 heavy (non-hydrogen) atoms. The number of hydrogen-bond acceptors (Lipinski definition) is 4. The summed E-state index contributed by atoms with van der Waals surface area (Å²) in [4.78, 5) is 21.0. The third-order valence-electron chi connectivity index (χ3n) is 6.39. The molecule has 154 valence electrons. The molecule has 5 rings (SSSR count). The number of nitrogens with zero attached hydrogens (tertiary/aromatic N) is 2. The molecule has 5 atom stereocenters. The van der Waals surface area contributed by atoms with Crippen LogP contribution in [0.25, 0.3) is 10.9 Å². The van der Waals surface area contributed by atoms with Gasteiger partial charge in [0.25, 0.3) is 0 Å². The van der Waals surface area contributed by atoms with Crippen molar-refractivity contribution in [1.29, 1.82) is 0 Å². The second kappa shape index (κ2) is 7.51. The van der Waals surface area contributed by atoms with E-state index in [1.165, 1.54) is 18.3 Å². The molecule has 0 radical (unpaired) electrons. The van der Waals surface area contributed by atoms with E-state index in [1.807, 2.05) is 6.92 Å². The number of carbonyl (C=O) groups is 1. The highest BCUT2D eigenvalue weighted by Gasteiger charge is 2.59. The average molecular weight is 426 g/mol. The average Bonchev–Trinajstić information content (AvgIpc) is 3.24. The minimum Gasteiger partial charge on any atom is -0.490 e. The van der Waals surface area contributed by atoms with E-state index in [4.69, 9.17) is 16.3 Å². The zero-order valence-electron chi connectivity index (χ0n) is 16.4. The van der Waals surface area contributed by atoms with E-state index in [0.717, 1.165) is 18.4 Å². The SMILES string of the molecule is CC(C(=O)Nc1ccc(Cl)cn1)[C@@H]1[C@@H]2C[C@@H](Oc3ccnc4ccc(F)cc34)C[C@@H]21. The van der Waals surface area contributed by atoms with Crippen molar-refractivity contribution < 1.29 is 13.9 Å². The Morgan fingerprint density at radius 3 is 2.73 bits per heavy atom. The molecular formula is C23H21ClFN3O2. The van der Waals surface area contributed by atoms with E-state index in [-0.39, 0.29) is 23.7 Å². The van der Waals surface area contributed by atoms with Crippen molar-refractivity contribution in [2.75, 3.05) is 5.32 Å². The number of fused-ring (bicyclic) bond motifs is 2. The zero-order chi connectivity index (χ0) is 20.8. The lowest BCUT2D eigenvalue weighted by molar-refractivity contribution is -0.120. The molecule has 1 amide bonds. The summed E-state index contributed by atoms with van der Waals surface area (Å²) in [5.74, 6) is 2.11. The highest BCUT2D eigenvalue weighted by molar-refractivity contribution is 6.30. The fourth-order valence-electron chi connectivity index (χ4n) is 4.92. The second-order valence-corrected chi connectivity index (χ2v) is 8.66. The normalized spacial score (nSPS) is 25.6. The van der Waals surface area contributed by atoms with Crippen LogP contribution in [0.1, 0.15) is 19.8 Å². The second-order valence-electron chi connectivity index (χ2n) is 8.23. The summed E-state index contributed by atoms with van der Waals surface area (Å²) in [7, 11) is 0. The van der Waals surface area contributed by atoms with Gasteiger partial charge in [0.15, 0.2) is 0 Å². The quantitative estimate of drug-likeness (QED) is 0.617. The van der Waals surface area contributed by atoms with E-state index in [0.29, 0.717) is 39.7 Å². The maximum Gasteiger partial charge on any atom is 0.228 e. The lowest BCUT2D eigenvalue weighted by Gasteiger charge is -2.20. The van der Waals surface area contributed by atoms with Gasteiger partial charge in [0.2, 0.25) is 5.91 Å². The largest absolute Gasteiger partial charge is 0.490 e.